The first-order chi connectivity index (χ1) is 9.72. The molecule has 2 N–H and O–H groups in total. The van der Waals surface area contributed by atoms with Gasteiger partial charge < -0.3 is 15.4 Å². The molecule has 0 aliphatic rings. The van der Waals surface area contributed by atoms with E-state index < -0.39 is 0 Å². The van der Waals surface area contributed by atoms with Gasteiger partial charge in [-0.2, -0.15) is 20.1 Å². The van der Waals surface area contributed by atoms with Crippen LogP contribution in [0.25, 0.3) is 5.95 Å². The quantitative estimate of drug-likeness (QED) is 0.773. The molecule has 0 aromatic carbocycles. The standard InChI is InChI=1S/C12H19N7O/c1-9(8-20-3)7-14-11-16-10(13-2)17-12(18-11)19-6-4-5-15-19/h4-6,9H,7-8H2,1-3H3,(H2,13,14,16,17,18). The van der Waals surface area contributed by atoms with E-state index in [0.29, 0.717) is 30.4 Å². The molecule has 0 fully saturated rings. The molecule has 2 aromatic heterocycles. The van der Waals surface area contributed by atoms with E-state index in [2.05, 4.69) is 37.6 Å². The molecular weight excluding hydrogens is 258 g/mol. The second kappa shape index (κ2) is 6.80. The highest BCUT2D eigenvalue weighted by molar-refractivity contribution is 5.37. The number of rotatable bonds is 7. The van der Waals surface area contributed by atoms with Gasteiger partial charge in [-0.05, 0) is 12.0 Å². The first-order valence-corrected chi connectivity index (χ1v) is 6.39. The molecule has 2 rings (SSSR count). The van der Waals surface area contributed by atoms with E-state index in [0.717, 1.165) is 6.54 Å². The van der Waals surface area contributed by atoms with E-state index >= 15 is 0 Å². The fourth-order valence-electron chi connectivity index (χ4n) is 1.65. The van der Waals surface area contributed by atoms with Gasteiger partial charge in [-0.25, -0.2) is 4.68 Å². The Labute approximate surface area is 117 Å². The molecule has 0 saturated heterocycles. The summed E-state index contributed by atoms with van der Waals surface area (Å²) in [6, 6.07) is 1.82. The highest BCUT2D eigenvalue weighted by Gasteiger charge is 2.08. The van der Waals surface area contributed by atoms with Crippen LogP contribution in [-0.2, 0) is 4.74 Å². The van der Waals surface area contributed by atoms with Gasteiger partial charge in [-0.3, -0.25) is 0 Å². The van der Waals surface area contributed by atoms with Crippen molar-refractivity contribution >= 4 is 11.9 Å². The average Bonchev–Trinajstić information content (AvgIpc) is 2.99. The van der Waals surface area contributed by atoms with E-state index in [1.54, 1.807) is 31.2 Å². The van der Waals surface area contributed by atoms with Crippen LogP contribution < -0.4 is 10.6 Å². The van der Waals surface area contributed by atoms with Crippen molar-refractivity contribution in [3.63, 3.8) is 0 Å². The summed E-state index contributed by atoms with van der Waals surface area (Å²) < 4.78 is 6.69. The van der Waals surface area contributed by atoms with Gasteiger partial charge in [0.25, 0.3) is 5.95 Å². The number of methoxy groups -OCH3 is 1. The topological polar surface area (TPSA) is 89.8 Å². The minimum Gasteiger partial charge on any atom is -0.384 e. The summed E-state index contributed by atoms with van der Waals surface area (Å²) in [5, 5.41) is 10.2. The van der Waals surface area contributed by atoms with Crippen molar-refractivity contribution in [3.8, 4) is 5.95 Å². The minimum atomic E-state index is 0.364. The van der Waals surface area contributed by atoms with Gasteiger partial charge in [0.15, 0.2) is 0 Å². The predicted molar refractivity (Wildman–Crippen MR) is 76.0 cm³/mol. The summed E-state index contributed by atoms with van der Waals surface area (Å²) in [7, 11) is 3.45. The second-order valence-corrected chi connectivity index (χ2v) is 4.42. The van der Waals surface area contributed by atoms with Crippen LogP contribution in [0.2, 0.25) is 0 Å². The average molecular weight is 277 g/mol. The minimum absolute atomic E-state index is 0.364. The summed E-state index contributed by atoms with van der Waals surface area (Å²) in [5.41, 5.74) is 0. The molecule has 0 aliphatic heterocycles. The van der Waals surface area contributed by atoms with E-state index in [4.69, 9.17) is 4.74 Å². The molecule has 2 heterocycles. The molecule has 108 valence electrons. The smallest absolute Gasteiger partial charge is 0.257 e. The second-order valence-electron chi connectivity index (χ2n) is 4.42. The zero-order chi connectivity index (χ0) is 14.4. The Bertz CT molecular complexity index is 529. The highest BCUT2D eigenvalue weighted by Crippen LogP contribution is 2.09. The third-order valence-corrected chi connectivity index (χ3v) is 2.62. The predicted octanol–water partition coefficient (Wildman–Crippen LogP) is 0.793. The maximum absolute atomic E-state index is 5.10. The van der Waals surface area contributed by atoms with E-state index in [-0.39, 0.29) is 0 Å². The lowest BCUT2D eigenvalue weighted by Crippen LogP contribution is -2.18. The number of aromatic nitrogens is 5. The van der Waals surface area contributed by atoms with Crippen LogP contribution in [0.3, 0.4) is 0 Å². The summed E-state index contributed by atoms with van der Waals surface area (Å²) in [4.78, 5) is 12.9. The summed E-state index contributed by atoms with van der Waals surface area (Å²) in [5.74, 6) is 1.84. The van der Waals surface area contributed by atoms with Gasteiger partial charge in [0.05, 0.1) is 6.61 Å². The molecule has 20 heavy (non-hydrogen) atoms. The van der Waals surface area contributed by atoms with Crippen LogP contribution in [0.1, 0.15) is 6.92 Å². The molecule has 0 bridgehead atoms. The van der Waals surface area contributed by atoms with Crippen LogP contribution in [0, 0.1) is 5.92 Å². The summed E-state index contributed by atoms with van der Waals surface area (Å²) in [6.07, 6.45) is 3.46. The fourth-order valence-corrected chi connectivity index (χ4v) is 1.65. The number of hydrogen-bond acceptors (Lipinski definition) is 7. The lowest BCUT2D eigenvalue weighted by atomic mass is 10.2. The molecule has 0 aliphatic carbocycles. The number of nitrogens with zero attached hydrogens (tertiary/aromatic N) is 5. The Morgan fingerprint density at radius 1 is 1.30 bits per heavy atom. The first kappa shape index (κ1) is 14.2. The normalized spacial score (nSPS) is 12.2. The number of hydrogen-bond donors (Lipinski definition) is 2. The van der Waals surface area contributed by atoms with E-state index in [9.17, 15) is 0 Å². The first-order valence-electron chi connectivity index (χ1n) is 6.39. The third kappa shape index (κ3) is 3.64. The molecule has 8 nitrogen and oxygen atoms in total. The van der Waals surface area contributed by atoms with Gasteiger partial charge in [-0.15, -0.1) is 0 Å². The maximum atomic E-state index is 5.10. The van der Waals surface area contributed by atoms with Gasteiger partial charge in [0, 0.05) is 33.1 Å². The summed E-state index contributed by atoms with van der Waals surface area (Å²) in [6.45, 7) is 3.49. The molecule has 1 atom stereocenters. The van der Waals surface area contributed by atoms with Gasteiger partial charge in [-0.1, -0.05) is 6.92 Å². The Morgan fingerprint density at radius 3 is 2.75 bits per heavy atom. The van der Waals surface area contributed by atoms with Crippen LogP contribution in [0.4, 0.5) is 11.9 Å². The molecule has 8 heteroatoms. The molecule has 0 saturated carbocycles. The van der Waals surface area contributed by atoms with Crippen molar-refractivity contribution in [2.45, 2.75) is 6.92 Å². The largest absolute Gasteiger partial charge is 0.384 e. The maximum Gasteiger partial charge on any atom is 0.257 e. The molecule has 0 spiro atoms. The Balaban J connectivity index is 2.14. The van der Waals surface area contributed by atoms with Gasteiger partial charge in [0.2, 0.25) is 11.9 Å². The highest BCUT2D eigenvalue weighted by atomic mass is 16.5. The lowest BCUT2D eigenvalue weighted by Gasteiger charge is -2.12. The number of nitrogens with one attached hydrogen (secondary N) is 2. The van der Waals surface area contributed by atoms with Crippen molar-refractivity contribution in [2.75, 3.05) is 37.9 Å². The van der Waals surface area contributed by atoms with Gasteiger partial charge in [0.1, 0.15) is 0 Å². The van der Waals surface area contributed by atoms with Crippen molar-refractivity contribution < 1.29 is 4.74 Å². The van der Waals surface area contributed by atoms with Crippen LogP contribution in [0.15, 0.2) is 18.5 Å². The van der Waals surface area contributed by atoms with Gasteiger partial charge >= 0.3 is 0 Å². The van der Waals surface area contributed by atoms with E-state index in [1.807, 2.05) is 6.07 Å². The molecule has 0 radical (unpaired) electrons. The molecule has 0 amide bonds. The van der Waals surface area contributed by atoms with Crippen LogP contribution in [-0.4, -0.2) is 52.0 Å². The zero-order valence-electron chi connectivity index (χ0n) is 11.9. The molecule has 2 aromatic rings. The lowest BCUT2D eigenvalue weighted by molar-refractivity contribution is 0.164. The Hall–Kier alpha value is -2.22. The zero-order valence-corrected chi connectivity index (χ0v) is 11.9. The third-order valence-electron chi connectivity index (χ3n) is 2.62. The molecular formula is C12H19N7O. The van der Waals surface area contributed by atoms with Crippen molar-refractivity contribution in [3.05, 3.63) is 18.5 Å². The van der Waals surface area contributed by atoms with Crippen molar-refractivity contribution in [2.24, 2.45) is 5.92 Å². The molecule has 1 unspecified atom stereocenters. The number of anilines is 2. The Morgan fingerprint density at radius 2 is 2.10 bits per heavy atom. The Kier molecular flexibility index (Phi) is 4.83. The van der Waals surface area contributed by atoms with Crippen molar-refractivity contribution in [1.82, 2.24) is 24.7 Å². The van der Waals surface area contributed by atoms with E-state index in [1.165, 1.54) is 0 Å². The van der Waals surface area contributed by atoms with Crippen molar-refractivity contribution in [1.29, 1.82) is 0 Å². The summed E-state index contributed by atoms with van der Waals surface area (Å²) >= 11 is 0. The number of ether oxygens (including phenoxy) is 1. The van der Waals surface area contributed by atoms with Crippen LogP contribution >= 0.6 is 0 Å². The fraction of sp³-hybridized carbons (Fsp3) is 0.500. The SMILES string of the molecule is CNc1nc(NCC(C)COC)nc(-n2cccn2)n1. The van der Waals surface area contributed by atoms with Crippen LogP contribution in [0.5, 0.6) is 0 Å². The monoisotopic (exact) mass is 277 g/mol.